The molecule has 0 radical (unpaired) electrons. The quantitative estimate of drug-likeness (QED) is 0.854. The Morgan fingerprint density at radius 2 is 1.72 bits per heavy atom. The van der Waals surface area contributed by atoms with Crippen LogP contribution in [0.15, 0.2) is 54.6 Å². The van der Waals surface area contributed by atoms with Crippen LogP contribution in [0.5, 0.6) is 0 Å². The van der Waals surface area contributed by atoms with Gasteiger partial charge in [-0.3, -0.25) is 9.69 Å². The molecule has 3 aliphatic heterocycles. The summed E-state index contributed by atoms with van der Waals surface area (Å²) in [6, 6.07) is 19.2. The summed E-state index contributed by atoms with van der Waals surface area (Å²) in [5, 5.41) is 0. The summed E-state index contributed by atoms with van der Waals surface area (Å²) in [6.45, 7) is 5.91. The number of fused-ring (bicyclic) bond motifs is 4. The minimum Gasteiger partial charge on any atom is -0.337 e. The monoisotopic (exact) mass is 334 g/mol. The number of amides is 1. The summed E-state index contributed by atoms with van der Waals surface area (Å²) in [5.41, 5.74) is 3.38. The van der Waals surface area contributed by atoms with Crippen molar-refractivity contribution in [3.05, 3.63) is 71.3 Å². The second-order valence-corrected chi connectivity index (χ2v) is 7.59. The van der Waals surface area contributed by atoms with Crippen molar-refractivity contribution in [1.29, 1.82) is 0 Å². The van der Waals surface area contributed by atoms with Gasteiger partial charge in [0, 0.05) is 37.8 Å². The number of nitrogens with zero attached hydrogens (tertiary/aromatic N) is 2. The topological polar surface area (TPSA) is 23.6 Å². The fourth-order valence-electron chi connectivity index (χ4n) is 4.24. The highest BCUT2D eigenvalue weighted by Crippen LogP contribution is 2.30. The Hall–Kier alpha value is -2.13. The molecule has 3 saturated heterocycles. The van der Waals surface area contributed by atoms with Crippen molar-refractivity contribution in [2.75, 3.05) is 19.6 Å². The number of piperidine rings is 1. The summed E-state index contributed by atoms with van der Waals surface area (Å²) in [4.78, 5) is 17.6. The first-order valence-electron chi connectivity index (χ1n) is 9.33. The van der Waals surface area contributed by atoms with Gasteiger partial charge < -0.3 is 4.90 Å². The number of benzene rings is 2. The maximum absolute atomic E-state index is 13.0. The molecule has 0 spiro atoms. The van der Waals surface area contributed by atoms with Crippen LogP contribution in [-0.4, -0.2) is 41.4 Å². The number of aryl methyl sites for hydroxylation is 1. The average Bonchev–Trinajstić information content (AvgIpc) is 2.94. The Morgan fingerprint density at radius 3 is 2.48 bits per heavy atom. The fraction of sp³-hybridized carbons (Fsp3) is 0.409. The maximum Gasteiger partial charge on any atom is 0.253 e. The van der Waals surface area contributed by atoms with E-state index >= 15 is 0 Å². The molecule has 5 rings (SSSR count). The van der Waals surface area contributed by atoms with Crippen LogP contribution in [0.1, 0.15) is 34.3 Å². The van der Waals surface area contributed by atoms with Gasteiger partial charge in [0.25, 0.3) is 5.91 Å². The van der Waals surface area contributed by atoms with Gasteiger partial charge in [-0.2, -0.15) is 0 Å². The lowest BCUT2D eigenvalue weighted by Crippen LogP contribution is -2.43. The van der Waals surface area contributed by atoms with Crippen LogP contribution in [0.25, 0.3) is 0 Å². The van der Waals surface area contributed by atoms with Crippen molar-refractivity contribution in [3.63, 3.8) is 0 Å². The molecule has 0 aromatic heterocycles. The molecular formula is C22H26N2O. The van der Waals surface area contributed by atoms with Gasteiger partial charge in [-0.05, 0) is 43.4 Å². The second-order valence-electron chi connectivity index (χ2n) is 7.59. The van der Waals surface area contributed by atoms with E-state index in [0.717, 1.165) is 31.7 Å². The Balaban J connectivity index is 1.49. The molecule has 0 unspecified atom stereocenters. The first kappa shape index (κ1) is 16.3. The van der Waals surface area contributed by atoms with Gasteiger partial charge >= 0.3 is 0 Å². The summed E-state index contributed by atoms with van der Waals surface area (Å²) < 4.78 is 0. The zero-order valence-corrected chi connectivity index (χ0v) is 14.9. The van der Waals surface area contributed by atoms with Gasteiger partial charge in [-0.15, -0.1) is 0 Å². The van der Waals surface area contributed by atoms with Gasteiger partial charge in [0.15, 0.2) is 0 Å². The van der Waals surface area contributed by atoms with E-state index in [0.29, 0.717) is 12.0 Å². The molecule has 3 heterocycles. The van der Waals surface area contributed by atoms with Gasteiger partial charge in [0.05, 0.1) is 0 Å². The summed E-state index contributed by atoms with van der Waals surface area (Å²) in [6.07, 6.45) is 2.45. The predicted molar refractivity (Wildman–Crippen MR) is 100 cm³/mol. The van der Waals surface area contributed by atoms with Crippen molar-refractivity contribution in [3.8, 4) is 0 Å². The van der Waals surface area contributed by atoms with E-state index in [2.05, 4.69) is 47.1 Å². The molecular weight excluding hydrogens is 308 g/mol. The van der Waals surface area contributed by atoms with Gasteiger partial charge in [-0.1, -0.05) is 48.0 Å². The Labute approximate surface area is 150 Å². The van der Waals surface area contributed by atoms with Gasteiger partial charge in [-0.25, -0.2) is 0 Å². The standard InChI is InChI=1S/C22H26N2O/c1-17-7-10-20(11-8-17)22(25)24-15-19-9-12-21(16-24)23(14-19)13-18-5-3-2-4-6-18/h2-8,10-11,19,21H,9,12-16H2,1H3/t19-,21-/m1/s1. The predicted octanol–water partition coefficient (Wildman–Crippen LogP) is 3.73. The van der Waals surface area contributed by atoms with E-state index in [-0.39, 0.29) is 5.91 Å². The Morgan fingerprint density at radius 1 is 0.960 bits per heavy atom. The third-order valence-electron chi connectivity index (χ3n) is 5.64. The number of carbonyl (C=O) groups is 1. The van der Waals surface area contributed by atoms with Crippen LogP contribution in [0.4, 0.5) is 0 Å². The first-order chi connectivity index (χ1) is 12.2. The molecule has 3 heteroatoms. The summed E-state index contributed by atoms with van der Waals surface area (Å²) >= 11 is 0. The normalized spacial score (nSPS) is 23.5. The molecule has 25 heavy (non-hydrogen) atoms. The zero-order chi connectivity index (χ0) is 17.2. The van der Waals surface area contributed by atoms with E-state index in [9.17, 15) is 4.79 Å². The number of hydrogen-bond donors (Lipinski definition) is 0. The number of hydrogen-bond acceptors (Lipinski definition) is 2. The lowest BCUT2D eigenvalue weighted by Gasteiger charge is -2.36. The fourth-order valence-corrected chi connectivity index (χ4v) is 4.24. The molecule has 2 bridgehead atoms. The molecule has 3 nitrogen and oxygen atoms in total. The van der Waals surface area contributed by atoms with Crippen molar-refractivity contribution in [1.82, 2.24) is 9.80 Å². The van der Waals surface area contributed by atoms with Crippen molar-refractivity contribution in [2.45, 2.75) is 32.4 Å². The third kappa shape index (κ3) is 3.62. The minimum absolute atomic E-state index is 0.193. The van der Waals surface area contributed by atoms with Crippen molar-refractivity contribution in [2.24, 2.45) is 5.92 Å². The SMILES string of the molecule is Cc1ccc(C(=O)N2C[C@@H]3CC[C@H](C2)N(Cc2ccccc2)C3)cc1. The van der Waals surface area contributed by atoms with Crippen LogP contribution in [0, 0.1) is 12.8 Å². The molecule has 130 valence electrons. The second kappa shape index (κ2) is 7.01. The highest BCUT2D eigenvalue weighted by molar-refractivity contribution is 5.94. The van der Waals surface area contributed by atoms with Crippen molar-refractivity contribution < 1.29 is 4.79 Å². The van der Waals surface area contributed by atoms with Crippen LogP contribution >= 0.6 is 0 Å². The molecule has 3 aliphatic rings. The Kier molecular flexibility index (Phi) is 4.58. The summed E-state index contributed by atoms with van der Waals surface area (Å²) in [7, 11) is 0. The third-order valence-corrected chi connectivity index (χ3v) is 5.64. The van der Waals surface area contributed by atoms with E-state index in [1.54, 1.807) is 0 Å². The molecule has 0 saturated carbocycles. The van der Waals surface area contributed by atoms with Crippen LogP contribution in [0.2, 0.25) is 0 Å². The minimum atomic E-state index is 0.193. The largest absolute Gasteiger partial charge is 0.337 e. The van der Waals surface area contributed by atoms with Crippen LogP contribution in [-0.2, 0) is 6.54 Å². The van der Waals surface area contributed by atoms with E-state index in [1.165, 1.54) is 24.0 Å². The molecule has 0 N–H and O–H groups in total. The molecule has 3 fully saturated rings. The first-order valence-corrected chi connectivity index (χ1v) is 9.33. The van der Waals surface area contributed by atoms with E-state index in [4.69, 9.17) is 0 Å². The molecule has 2 atom stereocenters. The number of rotatable bonds is 3. The van der Waals surface area contributed by atoms with E-state index < -0.39 is 0 Å². The molecule has 2 aromatic carbocycles. The molecule has 0 aliphatic carbocycles. The van der Waals surface area contributed by atoms with Crippen LogP contribution in [0.3, 0.4) is 0 Å². The molecule has 1 amide bonds. The van der Waals surface area contributed by atoms with Crippen molar-refractivity contribution >= 4 is 5.91 Å². The Bertz CT molecular complexity index is 725. The lowest BCUT2D eigenvalue weighted by atomic mass is 9.94. The average molecular weight is 334 g/mol. The highest BCUT2D eigenvalue weighted by Gasteiger charge is 2.36. The zero-order valence-electron chi connectivity index (χ0n) is 14.9. The molecule has 2 aromatic rings. The van der Waals surface area contributed by atoms with Crippen LogP contribution < -0.4 is 0 Å². The summed E-state index contributed by atoms with van der Waals surface area (Å²) in [5.74, 6) is 0.787. The number of carbonyl (C=O) groups excluding carboxylic acids is 1. The smallest absolute Gasteiger partial charge is 0.253 e. The maximum atomic E-state index is 13.0. The van der Waals surface area contributed by atoms with Gasteiger partial charge in [0.1, 0.15) is 0 Å². The van der Waals surface area contributed by atoms with Gasteiger partial charge in [0.2, 0.25) is 0 Å². The highest BCUT2D eigenvalue weighted by atomic mass is 16.2. The van der Waals surface area contributed by atoms with E-state index in [1.807, 2.05) is 24.3 Å². The lowest BCUT2D eigenvalue weighted by molar-refractivity contribution is 0.0736.